The van der Waals surface area contributed by atoms with Crippen molar-refractivity contribution in [1.29, 1.82) is 0 Å². The third-order valence-corrected chi connectivity index (χ3v) is 2.47. The lowest BCUT2D eigenvalue weighted by atomic mass is 9.81. The Morgan fingerprint density at radius 1 is 1.31 bits per heavy atom. The summed E-state index contributed by atoms with van der Waals surface area (Å²) in [6.45, 7) is 3.97. The van der Waals surface area contributed by atoms with Crippen molar-refractivity contribution in [1.82, 2.24) is 0 Å². The lowest BCUT2D eigenvalue weighted by Gasteiger charge is -2.30. The van der Waals surface area contributed by atoms with Crippen LogP contribution in [0.2, 0.25) is 0 Å². The van der Waals surface area contributed by atoms with Gasteiger partial charge in [-0.2, -0.15) is 0 Å². The molecule has 2 rings (SSSR count). The van der Waals surface area contributed by atoms with Gasteiger partial charge in [0.1, 0.15) is 0 Å². The van der Waals surface area contributed by atoms with Gasteiger partial charge in [0.05, 0.1) is 11.8 Å². The van der Waals surface area contributed by atoms with Crippen molar-refractivity contribution in [3.63, 3.8) is 0 Å². The average Bonchev–Trinajstić information content (AvgIpc) is 2.13. The maximum Gasteiger partial charge on any atom is 0.0911 e. The van der Waals surface area contributed by atoms with Crippen molar-refractivity contribution in [3.8, 4) is 0 Å². The molecule has 1 heterocycles. The fourth-order valence-corrected chi connectivity index (χ4v) is 1.54. The lowest BCUT2D eigenvalue weighted by Crippen LogP contribution is -2.26. The van der Waals surface area contributed by atoms with Crippen molar-refractivity contribution < 1.29 is 5.11 Å². The van der Waals surface area contributed by atoms with Gasteiger partial charge < -0.3 is 5.11 Å². The molecule has 68 valence electrons. The number of benzene rings is 1. The zero-order chi connectivity index (χ0) is 9.47. The van der Waals surface area contributed by atoms with Crippen LogP contribution in [-0.2, 0) is 0 Å². The quantitative estimate of drug-likeness (QED) is 0.645. The van der Waals surface area contributed by atoms with Gasteiger partial charge in [0.15, 0.2) is 0 Å². The number of aliphatic hydroxyl groups excluding tert-OH is 1. The van der Waals surface area contributed by atoms with E-state index in [1.54, 1.807) is 0 Å². The number of rotatable bonds is 0. The molecule has 1 aromatic rings. The van der Waals surface area contributed by atoms with Crippen LogP contribution in [0.1, 0.15) is 25.5 Å². The van der Waals surface area contributed by atoms with Gasteiger partial charge in [-0.05, 0) is 6.07 Å². The van der Waals surface area contributed by atoms with Crippen LogP contribution in [0.3, 0.4) is 0 Å². The highest BCUT2D eigenvalue weighted by molar-refractivity contribution is 5.75. The maximum atomic E-state index is 10.00. The Bertz CT molecular complexity index is 355. The second-order valence-corrected chi connectivity index (χ2v) is 4.04. The second kappa shape index (κ2) is 2.67. The van der Waals surface area contributed by atoms with Crippen molar-refractivity contribution in [3.05, 3.63) is 29.8 Å². The van der Waals surface area contributed by atoms with E-state index in [9.17, 15) is 5.11 Å². The summed E-state index contributed by atoms with van der Waals surface area (Å²) in [6.07, 6.45) is 1.38. The Morgan fingerprint density at radius 3 is 2.77 bits per heavy atom. The molecule has 0 spiro atoms. The van der Waals surface area contributed by atoms with E-state index in [4.69, 9.17) is 0 Å². The van der Waals surface area contributed by atoms with Gasteiger partial charge in [-0.25, -0.2) is 0 Å². The number of fused-ring (bicyclic) bond motifs is 1. The monoisotopic (exact) mass is 175 g/mol. The Morgan fingerprint density at radius 2 is 2.00 bits per heavy atom. The van der Waals surface area contributed by atoms with Crippen LogP contribution in [0.15, 0.2) is 29.3 Å². The molecular formula is C11H13NO. The molecule has 1 atom stereocenters. The highest BCUT2D eigenvalue weighted by Crippen LogP contribution is 2.40. The molecule has 1 aromatic carbocycles. The van der Waals surface area contributed by atoms with Crippen LogP contribution in [-0.4, -0.2) is 11.3 Å². The van der Waals surface area contributed by atoms with Crippen molar-refractivity contribution in [2.24, 2.45) is 10.4 Å². The molecule has 13 heavy (non-hydrogen) atoms. The molecule has 0 bridgehead atoms. The van der Waals surface area contributed by atoms with Gasteiger partial charge in [-0.3, -0.25) is 4.99 Å². The fourth-order valence-electron chi connectivity index (χ4n) is 1.54. The number of para-hydroxylation sites is 1. The number of hydrogen-bond acceptors (Lipinski definition) is 2. The van der Waals surface area contributed by atoms with E-state index >= 15 is 0 Å². The van der Waals surface area contributed by atoms with Gasteiger partial charge in [0.25, 0.3) is 0 Å². The Labute approximate surface area is 77.9 Å². The zero-order valence-corrected chi connectivity index (χ0v) is 7.86. The normalized spacial score (nSPS) is 24.1. The number of nitrogens with zero attached hydrogens (tertiary/aromatic N) is 1. The Hall–Kier alpha value is -1.15. The van der Waals surface area contributed by atoms with E-state index in [1.165, 1.54) is 0 Å². The van der Waals surface area contributed by atoms with Crippen LogP contribution in [0.5, 0.6) is 0 Å². The minimum atomic E-state index is -0.443. The molecule has 0 amide bonds. The molecule has 0 aromatic heterocycles. The molecule has 0 aliphatic carbocycles. The van der Waals surface area contributed by atoms with E-state index in [1.807, 2.05) is 44.3 Å². The molecule has 1 aliphatic heterocycles. The molecule has 0 saturated heterocycles. The van der Waals surface area contributed by atoms with Crippen LogP contribution in [0.4, 0.5) is 5.69 Å². The van der Waals surface area contributed by atoms with Crippen molar-refractivity contribution >= 4 is 11.9 Å². The first kappa shape index (κ1) is 8.45. The third-order valence-electron chi connectivity index (χ3n) is 2.47. The van der Waals surface area contributed by atoms with Gasteiger partial charge in [0.2, 0.25) is 0 Å². The summed E-state index contributed by atoms with van der Waals surface area (Å²) < 4.78 is 0. The third kappa shape index (κ3) is 1.27. The molecule has 0 radical (unpaired) electrons. The van der Waals surface area contributed by atoms with Gasteiger partial charge in [-0.15, -0.1) is 0 Å². The topological polar surface area (TPSA) is 32.6 Å². The fraction of sp³-hybridized carbons (Fsp3) is 0.364. The predicted octanol–water partition coefficient (Wildman–Crippen LogP) is 2.46. The number of hydrogen-bond donors (Lipinski definition) is 1. The molecule has 1 aliphatic rings. The highest BCUT2D eigenvalue weighted by atomic mass is 16.3. The first-order valence-electron chi connectivity index (χ1n) is 4.43. The summed E-state index contributed by atoms with van der Waals surface area (Å²) in [4.78, 5) is 4.31. The summed E-state index contributed by atoms with van der Waals surface area (Å²) in [6, 6.07) is 7.71. The first-order chi connectivity index (χ1) is 6.11. The predicted molar refractivity (Wildman–Crippen MR) is 53.3 cm³/mol. The second-order valence-electron chi connectivity index (χ2n) is 4.04. The Kier molecular flexibility index (Phi) is 1.74. The van der Waals surface area contributed by atoms with Gasteiger partial charge in [0, 0.05) is 17.2 Å². The standard InChI is InChI=1S/C11H13NO/c1-11(2)7-12-9-6-4-3-5-8(9)10(11)13/h3-7,10,13H,1-2H3. The maximum absolute atomic E-state index is 10.00. The smallest absolute Gasteiger partial charge is 0.0911 e. The summed E-state index contributed by atoms with van der Waals surface area (Å²) in [7, 11) is 0. The van der Waals surface area contributed by atoms with E-state index in [0.717, 1.165) is 11.3 Å². The van der Waals surface area contributed by atoms with Crippen LogP contribution < -0.4 is 0 Å². The molecular weight excluding hydrogens is 162 g/mol. The summed E-state index contributed by atoms with van der Waals surface area (Å²) in [5, 5.41) is 10.00. The van der Waals surface area contributed by atoms with E-state index < -0.39 is 6.10 Å². The van der Waals surface area contributed by atoms with Gasteiger partial charge in [-0.1, -0.05) is 32.0 Å². The molecule has 0 saturated carbocycles. The molecule has 2 nitrogen and oxygen atoms in total. The Balaban J connectivity index is 2.55. The molecule has 0 fully saturated rings. The molecule has 1 unspecified atom stereocenters. The highest BCUT2D eigenvalue weighted by Gasteiger charge is 2.31. The van der Waals surface area contributed by atoms with Crippen molar-refractivity contribution in [2.75, 3.05) is 0 Å². The molecule has 1 N–H and O–H groups in total. The first-order valence-corrected chi connectivity index (χ1v) is 4.43. The number of aliphatic hydroxyl groups is 1. The van der Waals surface area contributed by atoms with Gasteiger partial charge >= 0.3 is 0 Å². The zero-order valence-electron chi connectivity index (χ0n) is 7.86. The minimum Gasteiger partial charge on any atom is -0.387 e. The minimum absolute atomic E-state index is 0.256. The van der Waals surface area contributed by atoms with E-state index in [0.29, 0.717) is 0 Å². The van der Waals surface area contributed by atoms with Crippen LogP contribution in [0.25, 0.3) is 0 Å². The number of aliphatic imine (C=N–C) groups is 1. The van der Waals surface area contributed by atoms with Crippen LogP contribution >= 0.6 is 0 Å². The van der Waals surface area contributed by atoms with E-state index in [-0.39, 0.29) is 5.41 Å². The average molecular weight is 175 g/mol. The lowest BCUT2D eigenvalue weighted by molar-refractivity contribution is 0.0955. The summed E-state index contributed by atoms with van der Waals surface area (Å²) in [5.41, 5.74) is 1.55. The molecule has 2 heteroatoms. The summed E-state index contributed by atoms with van der Waals surface area (Å²) in [5.74, 6) is 0. The SMILES string of the molecule is CC1(C)C=Nc2ccccc2C1O. The van der Waals surface area contributed by atoms with Crippen LogP contribution in [0, 0.1) is 5.41 Å². The summed E-state index contributed by atoms with van der Waals surface area (Å²) >= 11 is 0. The largest absolute Gasteiger partial charge is 0.387 e. The van der Waals surface area contributed by atoms with Crippen molar-refractivity contribution in [2.45, 2.75) is 20.0 Å². The van der Waals surface area contributed by atoms with E-state index in [2.05, 4.69) is 4.99 Å².